The maximum Gasteiger partial charge on any atom is 0.223 e. The third-order valence-corrected chi connectivity index (χ3v) is 7.54. The number of nitrogens with zero attached hydrogens (tertiary/aromatic N) is 7. The summed E-state index contributed by atoms with van der Waals surface area (Å²) in [6.07, 6.45) is 8.27. The van der Waals surface area contributed by atoms with Crippen LogP contribution in [0.3, 0.4) is 0 Å². The second-order valence-corrected chi connectivity index (χ2v) is 9.70. The molecule has 198 valence electrons. The number of hydrogen-bond donors (Lipinski definition) is 2. The minimum Gasteiger partial charge on any atom is -0.494 e. The van der Waals surface area contributed by atoms with Crippen LogP contribution in [0.5, 0.6) is 5.75 Å². The van der Waals surface area contributed by atoms with Crippen LogP contribution in [0.15, 0.2) is 24.5 Å². The van der Waals surface area contributed by atoms with Crippen molar-refractivity contribution in [3.05, 3.63) is 36.2 Å². The number of aliphatic hydroxyl groups is 1. The molecular weight excluding hydrogens is 475 g/mol. The molecule has 0 radical (unpaired) electrons. The van der Waals surface area contributed by atoms with Gasteiger partial charge in [0.1, 0.15) is 0 Å². The maximum atomic E-state index is 14.5. The predicted octanol–water partition coefficient (Wildman–Crippen LogP) is 4.09. The number of nitrogen functional groups attached to an aromatic ring is 1. The van der Waals surface area contributed by atoms with E-state index in [-0.39, 0.29) is 29.8 Å². The fourth-order valence-electron chi connectivity index (χ4n) is 5.54. The Morgan fingerprint density at radius 2 is 1.95 bits per heavy atom. The van der Waals surface area contributed by atoms with Crippen LogP contribution in [-0.2, 0) is 0 Å². The lowest BCUT2D eigenvalue weighted by Gasteiger charge is -2.37. The Balaban J connectivity index is 0.00000137. The summed E-state index contributed by atoms with van der Waals surface area (Å²) in [5.41, 5.74) is 8.21. The van der Waals surface area contributed by atoms with E-state index in [1.54, 1.807) is 0 Å². The quantitative estimate of drug-likeness (QED) is 0.421. The van der Waals surface area contributed by atoms with Gasteiger partial charge in [-0.1, -0.05) is 13.8 Å². The number of aliphatic hydroxyl groups excluding tert-OH is 1. The molecule has 1 saturated heterocycles. The van der Waals surface area contributed by atoms with E-state index in [4.69, 9.17) is 15.5 Å². The van der Waals surface area contributed by atoms with Crippen LogP contribution in [0.25, 0.3) is 16.6 Å². The fourth-order valence-corrected chi connectivity index (χ4v) is 5.54. The molecule has 11 heteroatoms. The van der Waals surface area contributed by atoms with E-state index in [2.05, 4.69) is 27.0 Å². The number of anilines is 2. The smallest absolute Gasteiger partial charge is 0.223 e. The zero-order valence-corrected chi connectivity index (χ0v) is 21.8. The van der Waals surface area contributed by atoms with Gasteiger partial charge in [-0.05, 0) is 45.1 Å². The number of hydrogen-bond acceptors (Lipinski definition) is 8. The summed E-state index contributed by atoms with van der Waals surface area (Å²) < 4.78 is 22.9. The van der Waals surface area contributed by atoms with Crippen LogP contribution in [0.4, 0.5) is 16.0 Å². The van der Waals surface area contributed by atoms with Crippen molar-refractivity contribution in [2.24, 2.45) is 0 Å². The number of ether oxygens (including phenoxy) is 1. The molecule has 0 amide bonds. The van der Waals surface area contributed by atoms with Crippen LogP contribution in [0.2, 0.25) is 0 Å². The van der Waals surface area contributed by atoms with Crippen molar-refractivity contribution >= 4 is 28.2 Å². The molecule has 3 aromatic heterocycles. The standard InChI is InChI=1S/C24H29FN8O2.C2H6/c1-13-6-7-14(11-31(13)15-10-27-32(12-15)19-4-3-5-20(19)34)22-29-23-16-8-17(25)21(35-2)9-18(16)28-24(26)33(23)30-22;1-2/h8-10,12-14,19-20,34H,3-7,11H2,1-2H3,(H2,26,28);1-2H3. The topological polar surface area (TPSA) is 120 Å². The Hall–Kier alpha value is -3.47. The largest absolute Gasteiger partial charge is 0.494 e. The van der Waals surface area contributed by atoms with Gasteiger partial charge in [0.15, 0.2) is 23.0 Å². The average molecular weight is 511 g/mol. The van der Waals surface area contributed by atoms with Crippen molar-refractivity contribution in [3.8, 4) is 5.75 Å². The van der Waals surface area contributed by atoms with Crippen molar-refractivity contribution in [3.63, 3.8) is 0 Å². The summed E-state index contributed by atoms with van der Waals surface area (Å²) in [5.74, 6) is 0.551. The molecule has 0 bridgehead atoms. The lowest BCUT2D eigenvalue weighted by Crippen LogP contribution is -2.41. The van der Waals surface area contributed by atoms with Crippen molar-refractivity contribution in [1.82, 2.24) is 29.4 Å². The number of halogens is 1. The van der Waals surface area contributed by atoms with Gasteiger partial charge in [-0.3, -0.25) is 4.68 Å². The van der Waals surface area contributed by atoms with Gasteiger partial charge < -0.3 is 20.5 Å². The first kappa shape index (κ1) is 25.2. The Morgan fingerprint density at radius 3 is 2.68 bits per heavy atom. The number of benzene rings is 1. The number of methoxy groups -OCH3 is 1. The molecule has 3 N–H and O–H groups in total. The van der Waals surface area contributed by atoms with Crippen LogP contribution in [0, 0.1) is 5.82 Å². The summed E-state index contributed by atoms with van der Waals surface area (Å²) in [6.45, 7) is 6.94. The average Bonchev–Trinajstić information content (AvgIpc) is 3.66. The van der Waals surface area contributed by atoms with Crippen LogP contribution >= 0.6 is 0 Å². The lowest BCUT2D eigenvalue weighted by atomic mass is 9.92. The molecule has 2 aliphatic rings. The molecule has 2 fully saturated rings. The highest BCUT2D eigenvalue weighted by Crippen LogP contribution is 2.35. The van der Waals surface area contributed by atoms with Gasteiger partial charge in [-0.15, -0.1) is 5.10 Å². The summed E-state index contributed by atoms with van der Waals surface area (Å²) in [5, 5.41) is 20.1. The molecule has 4 heterocycles. The molecule has 10 nitrogen and oxygen atoms in total. The van der Waals surface area contributed by atoms with E-state index in [0.29, 0.717) is 28.4 Å². The first-order chi connectivity index (χ1) is 17.9. The SMILES string of the molecule is CC.COc1cc2nc(N)n3nc(C4CCC(C)N(c5cnn(C6CCCC6O)c5)C4)nc3c2cc1F. The number of piperidine rings is 1. The minimum atomic E-state index is -0.486. The Labute approximate surface area is 215 Å². The van der Waals surface area contributed by atoms with Gasteiger partial charge >= 0.3 is 0 Å². The molecule has 37 heavy (non-hydrogen) atoms. The zero-order valence-electron chi connectivity index (χ0n) is 21.8. The second kappa shape index (κ2) is 10.1. The highest BCUT2D eigenvalue weighted by Gasteiger charge is 2.32. The number of fused-ring (bicyclic) bond motifs is 3. The van der Waals surface area contributed by atoms with E-state index in [1.807, 2.05) is 30.9 Å². The molecule has 1 saturated carbocycles. The van der Waals surface area contributed by atoms with Gasteiger partial charge in [0.25, 0.3) is 0 Å². The normalized spacial score (nSPS) is 23.9. The number of aromatic nitrogens is 6. The van der Waals surface area contributed by atoms with Crippen LogP contribution in [-0.4, -0.2) is 60.3 Å². The Kier molecular flexibility index (Phi) is 6.89. The van der Waals surface area contributed by atoms with Crippen molar-refractivity contribution in [2.75, 3.05) is 24.3 Å². The van der Waals surface area contributed by atoms with Crippen molar-refractivity contribution in [2.45, 2.75) is 77.0 Å². The third kappa shape index (κ3) is 4.45. The maximum absolute atomic E-state index is 14.5. The van der Waals surface area contributed by atoms with Gasteiger partial charge in [0, 0.05) is 36.2 Å². The monoisotopic (exact) mass is 510 g/mol. The van der Waals surface area contributed by atoms with E-state index in [9.17, 15) is 9.50 Å². The van der Waals surface area contributed by atoms with Crippen molar-refractivity contribution < 1.29 is 14.2 Å². The molecule has 1 aliphatic heterocycles. The highest BCUT2D eigenvalue weighted by atomic mass is 19.1. The van der Waals surface area contributed by atoms with E-state index >= 15 is 0 Å². The Morgan fingerprint density at radius 1 is 1.14 bits per heavy atom. The molecule has 4 atom stereocenters. The summed E-state index contributed by atoms with van der Waals surface area (Å²) in [6, 6.07) is 3.28. The predicted molar refractivity (Wildman–Crippen MR) is 140 cm³/mol. The number of nitrogens with two attached hydrogens (primary N) is 1. The molecular formula is C26H35FN8O2. The van der Waals surface area contributed by atoms with Gasteiger partial charge in [0.05, 0.1) is 36.7 Å². The van der Waals surface area contributed by atoms with Crippen molar-refractivity contribution in [1.29, 1.82) is 0 Å². The first-order valence-electron chi connectivity index (χ1n) is 13.1. The van der Waals surface area contributed by atoms with Gasteiger partial charge in [0.2, 0.25) is 5.95 Å². The minimum absolute atomic E-state index is 0.0440. The van der Waals surface area contributed by atoms with E-state index in [0.717, 1.165) is 44.3 Å². The lowest BCUT2D eigenvalue weighted by molar-refractivity contribution is 0.130. The van der Waals surface area contributed by atoms with Gasteiger partial charge in [-0.2, -0.15) is 9.61 Å². The summed E-state index contributed by atoms with van der Waals surface area (Å²) >= 11 is 0. The third-order valence-electron chi connectivity index (χ3n) is 7.54. The fraction of sp³-hybridized carbons (Fsp3) is 0.538. The van der Waals surface area contributed by atoms with E-state index in [1.165, 1.54) is 23.8 Å². The van der Waals surface area contributed by atoms with Crippen LogP contribution in [0.1, 0.15) is 70.7 Å². The Bertz CT molecular complexity index is 1400. The molecule has 4 unspecified atom stereocenters. The molecule has 1 aliphatic carbocycles. The summed E-state index contributed by atoms with van der Waals surface area (Å²) in [7, 11) is 1.41. The highest BCUT2D eigenvalue weighted by molar-refractivity contribution is 5.93. The number of rotatable bonds is 4. The first-order valence-corrected chi connectivity index (χ1v) is 13.1. The molecule has 4 aromatic rings. The molecule has 6 rings (SSSR count). The molecule has 0 spiro atoms. The van der Waals surface area contributed by atoms with E-state index < -0.39 is 5.82 Å². The van der Waals surface area contributed by atoms with Gasteiger partial charge in [-0.25, -0.2) is 14.4 Å². The molecule has 1 aromatic carbocycles. The van der Waals surface area contributed by atoms with Crippen LogP contribution < -0.4 is 15.4 Å². The zero-order chi connectivity index (χ0) is 26.3. The second-order valence-electron chi connectivity index (χ2n) is 9.70. The summed E-state index contributed by atoms with van der Waals surface area (Å²) in [4.78, 5) is 11.5.